The van der Waals surface area contributed by atoms with Crippen LogP contribution >= 0.6 is 11.3 Å². The molecular weight excluding hydrogens is 280 g/mol. The second-order valence-corrected chi connectivity index (χ2v) is 5.98. The Balaban J connectivity index is 2.07. The average Bonchev–Trinajstić information content (AvgIpc) is 2.96. The van der Waals surface area contributed by atoms with E-state index >= 15 is 0 Å². The molecule has 0 radical (unpaired) electrons. The topological polar surface area (TPSA) is 18.5 Å². The first-order valence-electron chi connectivity index (χ1n) is 7.00. The second-order valence-electron chi connectivity index (χ2n) is 4.89. The molecule has 2 nitrogen and oxygen atoms in total. The first kappa shape index (κ1) is 14.0. The number of rotatable bonds is 4. The summed E-state index contributed by atoms with van der Waals surface area (Å²) in [6, 6.07) is 14.8. The largest absolute Gasteiger partial charge is 0.497 e. The number of fused-ring (bicyclic) bond motifs is 1. The van der Waals surface area contributed by atoms with Gasteiger partial charge in [-0.2, -0.15) is 0 Å². The number of hydrogen-bond donors (Lipinski definition) is 0. The Morgan fingerprint density at radius 1 is 0.952 bits per heavy atom. The molecule has 0 atom stereocenters. The summed E-state index contributed by atoms with van der Waals surface area (Å²) in [4.78, 5) is 1.27. The quantitative estimate of drug-likeness (QED) is 0.663. The zero-order chi connectivity index (χ0) is 14.8. The third-order valence-electron chi connectivity index (χ3n) is 3.67. The maximum atomic E-state index is 5.40. The Morgan fingerprint density at radius 3 is 2.52 bits per heavy atom. The highest BCUT2D eigenvalue weighted by molar-refractivity contribution is 7.22. The third kappa shape index (κ3) is 2.61. The van der Waals surface area contributed by atoms with Gasteiger partial charge in [0.05, 0.1) is 14.2 Å². The van der Waals surface area contributed by atoms with E-state index in [9.17, 15) is 0 Å². The molecule has 0 aliphatic rings. The lowest BCUT2D eigenvalue weighted by Gasteiger charge is -2.08. The van der Waals surface area contributed by atoms with Gasteiger partial charge in [-0.1, -0.05) is 6.92 Å². The van der Waals surface area contributed by atoms with E-state index in [1.165, 1.54) is 26.1 Å². The summed E-state index contributed by atoms with van der Waals surface area (Å²) in [5, 5.41) is 1.25. The molecule has 2 aromatic carbocycles. The number of thiophene rings is 1. The minimum atomic E-state index is 0.903. The molecule has 1 heterocycles. The maximum absolute atomic E-state index is 5.40. The Bertz CT molecular complexity index is 774. The third-order valence-corrected chi connectivity index (χ3v) is 4.82. The van der Waals surface area contributed by atoms with E-state index in [1.807, 2.05) is 6.07 Å². The Hall–Kier alpha value is -2.00. The summed E-state index contributed by atoms with van der Waals surface area (Å²) < 4.78 is 11.9. The molecular formula is C18H18O2S. The summed E-state index contributed by atoms with van der Waals surface area (Å²) in [6.45, 7) is 2.15. The fourth-order valence-corrected chi connectivity index (χ4v) is 3.58. The first-order valence-corrected chi connectivity index (χ1v) is 7.81. The van der Waals surface area contributed by atoms with Crippen molar-refractivity contribution in [3.8, 4) is 21.9 Å². The Kier molecular flexibility index (Phi) is 3.84. The molecule has 1 aromatic heterocycles. The van der Waals surface area contributed by atoms with Crippen LogP contribution in [0.5, 0.6) is 11.5 Å². The van der Waals surface area contributed by atoms with Crippen molar-refractivity contribution in [3.63, 3.8) is 0 Å². The lowest BCUT2D eigenvalue weighted by Crippen LogP contribution is -1.90. The van der Waals surface area contributed by atoms with Crippen LogP contribution in [0.25, 0.3) is 20.5 Å². The fraction of sp³-hybridized carbons (Fsp3) is 0.222. The smallest absolute Gasteiger partial charge is 0.122 e. The van der Waals surface area contributed by atoms with Crippen LogP contribution < -0.4 is 9.47 Å². The van der Waals surface area contributed by atoms with Gasteiger partial charge in [0.25, 0.3) is 0 Å². The molecule has 3 rings (SSSR count). The highest BCUT2D eigenvalue weighted by atomic mass is 32.1. The first-order chi connectivity index (χ1) is 10.2. The van der Waals surface area contributed by atoms with Crippen molar-refractivity contribution in [1.29, 1.82) is 0 Å². The summed E-state index contributed by atoms with van der Waals surface area (Å²) in [5.41, 5.74) is 2.48. The summed E-state index contributed by atoms with van der Waals surface area (Å²) in [5.74, 6) is 1.86. The molecule has 0 aliphatic carbocycles. The van der Waals surface area contributed by atoms with Crippen molar-refractivity contribution in [3.05, 3.63) is 48.0 Å². The fourth-order valence-electron chi connectivity index (χ4n) is 2.49. The number of aryl methyl sites for hydroxylation is 1. The Labute approximate surface area is 128 Å². The second kappa shape index (κ2) is 5.78. The lowest BCUT2D eigenvalue weighted by atomic mass is 10.1. The lowest BCUT2D eigenvalue weighted by molar-refractivity contribution is 0.410. The zero-order valence-corrected chi connectivity index (χ0v) is 13.3. The molecule has 0 saturated heterocycles. The standard InChI is InChI=1S/C18H18O2S/c1-4-12-9-13(6-8-16(12)20-3)17-10-14-5-7-15(19-2)11-18(14)21-17/h5-11H,4H2,1-3H3. The van der Waals surface area contributed by atoms with E-state index in [-0.39, 0.29) is 0 Å². The van der Waals surface area contributed by atoms with Gasteiger partial charge in [0.2, 0.25) is 0 Å². The van der Waals surface area contributed by atoms with E-state index < -0.39 is 0 Å². The van der Waals surface area contributed by atoms with Gasteiger partial charge in [-0.05, 0) is 65.4 Å². The van der Waals surface area contributed by atoms with Crippen LogP contribution in [0.1, 0.15) is 12.5 Å². The van der Waals surface area contributed by atoms with Gasteiger partial charge in [-0.25, -0.2) is 0 Å². The van der Waals surface area contributed by atoms with E-state index in [2.05, 4.69) is 43.3 Å². The Morgan fingerprint density at radius 2 is 1.81 bits per heavy atom. The van der Waals surface area contributed by atoms with Crippen LogP contribution in [-0.4, -0.2) is 14.2 Å². The van der Waals surface area contributed by atoms with Crippen molar-refractivity contribution in [1.82, 2.24) is 0 Å². The number of ether oxygens (including phenoxy) is 2. The van der Waals surface area contributed by atoms with Gasteiger partial charge in [0, 0.05) is 9.58 Å². The molecule has 0 unspecified atom stereocenters. The van der Waals surface area contributed by atoms with E-state index in [4.69, 9.17) is 9.47 Å². The van der Waals surface area contributed by atoms with Gasteiger partial charge in [-0.3, -0.25) is 0 Å². The SMILES string of the molecule is CCc1cc(-c2cc3ccc(OC)cc3s2)ccc1OC. The molecule has 0 amide bonds. The van der Waals surface area contributed by atoms with Crippen molar-refractivity contribution in [2.75, 3.05) is 14.2 Å². The monoisotopic (exact) mass is 298 g/mol. The predicted molar refractivity (Wildman–Crippen MR) is 89.7 cm³/mol. The molecule has 21 heavy (non-hydrogen) atoms. The molecule has 0 spiro atoms. The molecule has 0 N–H and O–H groups in total. The van der Waals surface area contributed by atoms with E-state index in [0.29, 0.717) is 0 Å². The van der Waals surface area contributed by atoms with Gasteiger partial charge in [0.15, 0.2) is 0 Å². The average molecular weight is 298 g/mol. The number of benzene rings is 2. The van der Waals surface area contributed by atoms with Gasteiger partial charge < -0.3 is 9.47 Å². The highest BCUT2D eigenvalue weighted by Gasteiger charge is 2.08. The van der Waals surface area contributed by atoms with Gasteiger partial charge in [0.1, 0.15) is 11.5 Å². The summed E-state index contributed by atoms with van der Waals surface area (Å²) in [7, 11) is 3.42. The molecule has 0 aliphatic heterocycles. The van der Waals surface area contributed by atoms with Crippen LogP contribution in [0.3, 0.4) is 0 Å². The highest BCUT2D eigenvalue weighted by Crippen LogP contribution is 2.36. The minimum Gasteiger partial charge on any atom is -0.497 e. The van der Waals surface area contributed by atoms with Crippen LogP contribution in [-0.2, 0) is 6.42 Å². The van der Waals surface area contributed by atoms with Crippen LogP contribution in [0.2, 0.25) is 0 Å². The molecule has 0 saturated carbocycles. The normalized spacial score (nSPS) is 10.8. The van der Waals surface area contributed by atoms with Crippen molar-refractivity contribution < 1.29 is 9.47 Å². The van der Waals surface area contributed by atoms with E-state index in [0.717, 1.165) is 17.9 Å². The zero-order valence-electron chi connectivity index (χ0n) is 12.5. The molecule has 3 heteroatoms. The van der Waals surface area contributed by atoms with Crippen molar-refractivity contribution in [2.45, 2.75) is 13.3 Å². The molecule has 0 fully saturated rings. The summed E-state index contributed by atoms with van der Waals surface area (Å²) in [6.07, 6.45) is 0.968. The summed E-state index contributed by atoms with van der Waals surface area (Å²) >= 11 is 1.79. The van der Waals surface area contributed by atoms with Crippen LogP contribution in [0, 0.1) is 0 Å². The predicted octanol–water partition coefficient (Wildman–Crippen LogP) is 5.15. The van der Waals surface area contributed by atoms with E-state index in [1.54, 1.807) is 25.6 Å². The van der Waals surface area contributed by atoms with Gasteiger partial charge >= 0.3 is 0 Å². The van der Waals surface area contributed by atoms with Gasteiger partial charge in [-0.15, -0.1) is 11.3 Å². The van der Waals surface area contributed by atoms with Crippen molar-refractivity contribution in [2.24, 2.45) is 0 Å². The number of hydrogen-bond acceptors (Lipinski definition) is 3. The molecule has 108 valence electrons. The number of methoxy groups -OCH3 is 2. The minimum absolute atomic E-state index is 0.903. The molecule has 0 bridgehead atoms. The van der Waals surface area contributed by atoms with Crippen molar-refractivity contribution >= 4 is 21.4 Å². The van der Waals surface area contributed by atoms with Crippen LogP contribution in [0.15, 0.2) is 42.5 Å². The maximum Gasteiger partial charge on any atom is 0.122 e. The van der Waals surface area contributed by atoms with Crippen LogP contribution in [0.4, 0.5) is 0 Å². The molecule has 3 aromatic rings.